The average Bonchev–Trinajstić information content (AvgIpc) is 3.02. The van der Waals surface area contributed by atoms with Crippen LogP contribution in [-0.2, 0) is 17.6 Å². The molecular weight excluding hydrogens is 312 g/mol. The maximum Gasteiger partial charge on any atom is 0.319 e. The number of urea groups is 1. The maximum atomic E-state index is 12.2. The summed E-state index contributed by atoms with van der Waals surface area (Å²) in [7, 11) is 3.51. The fraction of sp³-hybridized carbons (Fsp3) is 0.688. The molecule has 0 aliphatic carbocycles. The molecule has 1 aromatic heterocycles. The van der Waals surface area contributed by atoms with Crippen LogP contribution in [0.4, 0.5) is 4.79 Å². The van der Waals surface area contributed by atoms with E-state index in [1.54, 1.807) is 30.3 Å². The molecule has 6 nitrogen and oxygen atoms in total. The molecule has 3 amide bonds. The molecule has 1 aliphatic heterocycles. The first kappa shape index (κ1) is 17.7. The molecule has 0 radical (unpaired) electrons. The van der Waals surface area contributed by atoms with Gasteiger partial charge in [0, 0.05) is 57.1 Å². The summed E-state index contributed by atoms with van der Waals surface area (Å²) < 4.78 is 0. The number of piperidine rings is 1. The van der Waals surface area contributed by atoms with Crippen molar-refractivity contribution in [2.75, 3.05) is 33.7 Å². The molecule has 0 unspecified atom stereocenters. The van der Waals surface area contributed by atoms with Crippen LogP contribution in [0.2, 0.25) is 0 Å². The summed E-state index contributed by atoms with van der Waals surface area (Å²) in [5.41, 5.74) is 0. The zero-order valence-corrected chi connectivity index (χ0v) is 15.0. The van der Waals surface area contributed by atoms with Gasteiger partial charge in [-0.3, -0.25) is 4.79 Å². The quantitative estimate of drug-likeness (QED) is 0.890. The molecular formula is C16H26N4O2S. The van der Waals surface area contributed by atoms with Crippen LogP contribution in [-0.4, -0.2) is 60.5 Å². The number of amides is 3. The van der Waals surface area contributed by atoms with Gasteiger partial charge < -0.3 is 15.1 Å². The summed E-state index contributed by atoms with van der Waals surface area (Å²) in [6.45, 7) is 4.06. The third-order valence-electron chi connectivity index (χ3n) is 4.11. The molecule has 2 rings (SSSR count). The van der Waals surface area contributed by atoms with Gasteiger partial charge in [-0.05, 0) is 19.3 Å². The number of carbonyl (C=O) groups excluding carboxylic acids is 2. The molecule has 7 heteroatoms. The minimum absolute atomic E-state index is 0.0173. The highest BCUT2D eigenvalue weighted by Crippen LogP contribution is 2.18. The lowest BCUT2D eigenvalue weighted by Gasteiger charge is -2.33. The number of rotatable bonds is 5. The van der Waals surface area contributed by atoms with E-state index in [1.165, 1.54) is 4.88 Å². The Hall–Kier alpha value is -1.63. The Bertz CT molecular complexity index is 536. The normalized spacial score (nSPS) is 15.5. The fourth-order valence-electron chi connectivity index (χ4n) is 2.68. The average molecular weight is 338 g/mol. The number of likely N-dealkylation sites (tertiary alicyclic amines) is 1. The molecule has 0 atom stereocenters. The highest BCUT2D eigenvalue weighted by Gasteiger charge is 2.27. The van der Waals surface area contributed by atoms with Gasteiger partial charge in [-0.2, -0.15) is 0 Å². The molecule has 1 saturated heterocycles. The van der Waals surface area contributed by atoms with Crippen LogP contribution in [0.1, 0.15) is 29.7 Å². The molecule has 1 fully saturated rings. The van der Waals surface area contributed by atoms with Crippen molar-refractivity contribution in [2.24, 2.45) is 5.92 Å². The second kappa shape index (κ2) is 8.29. The number of aromatic nitrogens is 1. The highest BCUT2D eigenvalue weighted by molar-refractivity contribution is 7.11. The van der Waals surface area contributed by atoms with Crippen molar-refractivity contribution >= 4 is 23.3 Å². The standard InChI is InChI=1S/C16H26N4O2S/c1-4-13-11-18-14(23-13)5-8-17-15(21)12-6-9-20(10-7-12)16(22)19(2)3/h11-12H,4-10H2,1-3H3,(H,17,21). The molecule has 0 saturated carbocycles. The van der Waals surface area contributed by atoms with Gasteiger partial charge in [-0.25, -0.2) is 9.78 Å². The van der Waals surface area contributed by atoms with Crippen molar-refractivity contribution < 1.29 is 9.59 Å². The van der Waals surface area contributed by atoms with Crippen molar-refractivity contribution in [3.8, 4) is 0 Å². The lowest BCUT2D eigenvalue weighted by atomic mass is 9.96. The van der Waals surface area contributed by atoms with Gasteiger partial charge in [0.05, 0.1) is 5.01 Å². The first-order valence-electron chi connectivity index (χ1n) is 8.18. The molecule has 1 aliphatic rings. The summed E-state index contributed by atoms with van der Waals surface area (Å²) in [4.78, 5) is 33.1. The largest absolute Gasteiger partial charge is 0.355 e. The van der Waals surface area contributed by atoms with E-state index in [0.717, 1.165) is 30.7 Å². The van der Waals surface area contributed by atoms with Gasteiger partial charge in [0.1, 0.15) is 0 Å². The van der Waals surface area contributed by atoms with E-state index < -0.39 is 0 Å². The van der Waals surface area contributed by atoms with Crippen molar-refractivity contribution in [2.45, 2.75) is 32.6 Å². The van der Waals surface area contributed by atoms with Crippen LogP contribution in [0.25, 0.3) is 0 Å². The highest BCUT2D eigenvalue weighted by atomic mass is 32.1. The number of aryl methyl sites for hydroxylation is 1. The molecule has 2 heterocycles. The van der Waals surface area contributed by atoms with E-state index >= 15 is 0 Å². The Morgan fingerprint density at radius 1 is 1.39 bits per heavy atom. The monoisotopic (exact) mass is 338 g/mol. The molecule has 23 heavy (non-hydrogen) atoms. The molecule has 0 aromatic carbocycles. The third kappa shape index (κ3) is 4.92. The number of hydrogen-bond donors (Lipinski definition) is 1. The van der Waals surface area contributed by atoms with E-state index in [4.69, 9.17) is 0 Å². The number of nitrogens with one attached hydrogen (secondary N) is 1. The van der Waals surface area contributed by atoms with Crippen molar-refractivity contribution in [1.82, 2.24) is 20.1 Å². The van der Waals surface area contributed by atoms with Crippen LogP contribution < -0.4 is 5.32 Å². The summed E-state index contributed by atoms with van der Waals surface area (Å²) in [6.07, 6.45) is 5.19. The minimum Gasteiger partial charge on any atom is -0.355 e. The van der Waals surface area contributed by atoms with Crippen LogP contribution in [0, 0.1) is 5.92 Å². The summed E-state index contributed by atoms with van der Waals surface area (Å²) in [5.74, 6) is 0.123. The molecule has 128 valence electrons. The number of carbonyl (C=O) groups is 2. The van der Waals surface area contributed by atoms with Crippen LogP contribution in [0.15, 0.2) is 6.20 Å². The SMILES string of the molecule is CCc1cnc(CCNC(=O)C2CCN(C(=O)N(C)C)CC2)s1. The second-order valence-corrected chi connectivity index (χ2v) is 7.25. The van der Waals surface area contributed by atoms with Gasteiger partial charge in [0.25, 0.3) is 0 Å². The minimum atomic E-state index is 0.0173. The first-order chi connectivity index (χ1) is 11.0. The smallest absolute Gasteiger partial charge is 0.319 e. The number of thiazole rings is 1. The van der Waals surface area contributed by atoms with Gasteiger partial charge in [-0.1, -0.05) is 6.92 Å². The molecule has 1 aromatic rings. The summed E-state index contributed by atoms with van der Waals surface area (Å²) in [5, 5.41) is 4.09. The zero-order valence-electron chi connectivity index (χ0n) is 14.2. The number of hydrogen-bond acceptors (Lipinski definition) is 4. The van der Waals surface area contributed by atoms with Gasteiger partial charge >= 0.3 is 6.03 Å². The Morgan fingerprint density at radius 3 is 2.65 bits per heavy atom. The predicted molar refractivity (Wildman–Crippen MR) is 91.6 cm³/mol. The van der Waals surface area contributed by atoms with Crippen molar-refractivity contribution in [3.05, 3.63) is 16.1 Å². The third-order valence-corrected chi connectivity index (χ3v) is 5.31. The Morgan fingerprint density at radius 2 is 2.09 bits per heavy atom. The zero-order chi connectivity index (χ0) is 16.8. The van der Waals surface area contributed by atoms with Crippen molar-refractivity contribution in [3.63, 3.8) is 0 Å². The topological polar surface area (TPSA) is 65.5 Å². The van der Waals surface area contributed by atoms with E-state index in [2.05, 4.69) is 17.2 Å². The predicted octanol–water partition coefficient (Wildman–Crippen LogP) is 1.76. The van der Waals surface area contributed by atoms with Crippen molar-refractivity contribution in [1.29, 1.82) is 0 Å². The van der Waals surface area contributed by atoms with Crippen LogP contribution in [0.3, 0.4) is 0 Å². The first-order valence-corrected chi connectivity index (χ1v) is 9.00. The molecule has 0 bridgehead atoms. The lowest BCUT2D eigenvalue weighted by Crippen LogP contribution is -2.46. The van der Waals surface area contributed by atoms with Gasteiger partial charge in [0.2, 0.25) is 5.91 Å². The lowest BCUT2D eigenvalue weighted by molar-refractivity contribution is -0.126. The van der Waals surface area contributed by atoms with E-state index in [-0.39, 0.29) is 17.9 Å². The fourth-order valence-corrected chi connectivity index (χ4v) is 3.54. The van der Waals surface area contributed by atoms with Gasteiger partial charge in [-0.15, -0.1) is 11.3 Å². The van der Waals surface area contributed by atoms with Crippen LogP contribution >= 0.6 is 11.3 Å². The summed E-state index contributed by atoms with van der Waals surface area (Å²) >= 11 is 1.72. The summed E-state index contributed by atoms with van der Waals surface area (Å²) in [6, 6.07) is 0.0272. The Labute approximate surface area is 141 Å². The second-order valence-electron chi connectivity index (χ2n) is 6.05. The Kier molecular flexibility index (Phi) is 6.38. The van der Waals surface area contributed by atoms with Gasteiger partial charge in [0.15, 0.2) is 0 Å². The van der Waals surface area contributed by atoms with E-state index in [0.29, 0.717) is 19.6 Å². The molecule has 0 spiro atoms. The number of nitrogens with zero attached hydrogens (tertiary/aromatic N) is 3. The van der Waals surface area contributed by atoms with E-state index in [1.807, 2.05) is 11.1 Å². The maximum absolute atomic E-state index is 12.2. The van der Waals surface area contributed by atoms with Crippen LogP contribution in [0.5, 0.6) is 0 Å². The molecule has 1 N–H and O–H groups in total. The van der Waals surface area contributed by atoms with E-state index in [9.17, 15) is 9.59 Å². The Balaban J connectivity index is 1.69.